The van der Waals surface area contributed by atoms with E-state index in [0.717, 1.165) is 0 Å². The molecule has 0 aliphatic heterocycles. The van der Waals surface area contributed by atoms with Crippen molar-refractivity contribution in [2.75, 3.05) is 0 Å². The summed E-state index contributed by atoms with van der Waals surface area (Å²) >= 11 is 0. The average Bonchev–Trinajstić information content (AvgIpc) is 1.21. The SMILES string of the molecule is O=P([O-])([O-])OP(O)O.[Ca+2]. The van der Waals surface area contributed by atoms with Gasteiger partial charge in [-0.2, -0.15) is 0 Å². The van der Waals surface area contributed by atoms with Crippen LogP contribution in [-0.2, 0) is 8.88 Å². The summed E-state index contributed by atoms with van der Waals surface area (Å²) < 4.78 is 12.4. The van der Waals surface area contributed by atoms with E-state index in [1.165, 1.54) is 0 Å². The Hall–Kier alpha value is 1.72. The third-order valence-corrected chi connectivity index (χ3v) is 1.56. The van der Waals surface area contributed by atoms with Crippen molar-refractivity contribution in [3.8, 4) is 0 Å². The van der Waals surface area contributed by atoms with E-state index in [1.807, 2.05) is 0 Å². The molecule has 9 heteroatoms. The van der Waals surface area contributed by atoms with Gasteiger partial charge in [0.25, 0.3) is 0 Å². The van der Waals surface area contributed by atoms with Gasteiger partial charge >= 0.3 is 46.3 Å². The summed E-state index contributed by atoms with van der Waals surface area (Å²) in [4.78, 5) is 34.2. The molecule has 0 saturated carbocycles. The molecule has 0 saturated heterocycles. The van der Waals surface area contributed by atoms with E-state index >= 15 is 0 Å². The fourth-order valence-corrected chi connectivity index (χ4v) is 0.805. The van der Waals surface area contributed by atoms with Gasteiger partial charge in [-0.1, -0.05) is 0 Å². The van der Waals surface area contributed by atoms with Gasteiger partial charge in [0.15, 0.2) is 0 Å². The number of phosphoric acid groups is 1. The topological polar surface area (TPSA) is 113 Å². The Balaban J connectivity index is 0. The van der Waals surface area contributed by atoms with E-state index in [1.54, 1.807) is 0 Å². The Bertz CT molecular complexity index is 104. The van der Waals surface area contributed by atoms with Crippen molar-refractivity contribution in [3.05, 3.63) is 0 Å². The fourth-order valence-electron chi connectivity index (χ4n) is 0.0894. The summed E-state index contributed by atoms with van der Waals surface area (Å²) in [6.45, 7) is 0. The van der Waals surface area contributed by atoms with Crippen LogP contribution in [0.15, 0.2) is 0 Å². The smallest absolute Gasteiger partial charge is 0.789 e. The summed E-state index contributed by atoms with van der Waals surface area (Å²) in [6.07, 6.45) is 0. The van der Waals surface area contributed by atoms with Crippen LogP contribution in [0.5, 0.6) is 0 Å². The van der Waals surface area contributed by atoms with Gasteiger partial charge in [-0.15, -0.1) is 0 Å². The van der Waals surface area contributed by atoms with Crippen molar-refractivity contribution in [2.24, 2.45) is 0 Å². The quantitative estimate of drug-likeness (QED) is 0.381. The summed E-state index contributed by atoms with van der Waals surface area (Å²) in [5.74, 6) is 0. The van der Waals surface area contributed by atoms with Crippen LogP contribution < -0.4 is 9.79 Å². The maximum atomic E-state index is 9.39. The summed E-state index contributed by atoms with van der Waals surface area (Å²) in [5, 5.41) is 0. The average molecular weight is 200 g/mol. The molecule has 0 fully saturated rings. The third kappa shape index (κ3) is 12.8. The second kappa shape index (κ2) is 5.38. The fraction of sp³-hybridized carbons (Fsp3) is 0. The molecule has 0 aromatic heterocycles. The monoisotopic (exact) mass is 200 g/mol. The summed E-state index contributed by atoms with van der Waals surface area (Å²) in [6, 6.07) is 0. The third-order valence-electron chi connectivity index (χ3n) is 0.173. The van der Waals surface area contributed by atoms with E-state index in [0.29, 0.717) is 0 Å². The Kier molecular flexibility index (Phi) is 7.96. The molecule has 0 atom stereocenters. The van der Waals surface area contributed by atoms with Crippen molar-refractivity contribution in [2.45, 2.75) is 0 Å². The normalized spacial score (nSPS) is 11.2. The van der Waals surface area contributed by atoms with Crippen LogP contribution in [0.2, 0.25) is 0 Å². The van der Waals surface area contributed by atoms with Crippen LogP contribution in [0, 0.1) is 0 Å². The van der Waals surface area contributed by atoms with E-state index in [2.05, 4.69) is 4.31 Å². The van der Waals surface area contributed by atoms with Crippen molar-refractivity contribution >= 4 is 54.2 Å². The second-order valence-corrected chi connectivity index (χ2v) is 2.83. The van der Waals surface area contributed by atoms with Gasteiger partial charge in [-0.05, 0) is 0 Å². The van der Waals surface area contributed by atoms with Gasteiger partial charge in [-0.25, -0.2) is 0 Å². The molecule has 0 amide bonds. The van der Waals surface area contributed by atoms with Crippen LogP contribution in [0.4, 0.5) is 0 Å². The zero-order chi connectivity index (χ0) is 6.78. The van der Waals surface area contributed by atoms with Gasteiger partial charge in [0.05, 0.1) is 7.82 Å². The van der Waals surface area contributed by atoms with E-state index in [-0.39, 0.29) is 37.7 Å². The molecule has 0 aromatic rings. The number of hydrogen-bond acceptors (Lipinski definition) is 6. The van der Waals surface area contributed by atoms with Gasteiger partial charge in [0.2, 0.25) is 0 Å². The summed E-state index contributed by atoms with van der Waals surface area (Å²) in [5.41, 5.74) is 0. The van der Waals surface area contributed by atoms with Crippen LogP contribution in [0.3, 0.4) is 0 Å². The first kappa shape index (κ1) is 13.3. The molecule has 0 radical (unpaired) electrons. The molecule has 9 heavy (non-hydrogen) atoms. The van der Waals surface area contributed by atoms with Crippen LogP contribution >= 0.6 is 16.4 Å². The zero-order valence-electron chi connectivity index (χ0n) is 4.13. The molecule has 0 aliphatic rings. The maximum Gasteiger partial charge on any atom is 2.00 e. The molecule has 0 unspecified atom stereocenters. The number of hydrogen-bond donors (Lipinski definition) is 2. The second-order valence-electron chi connectivity index (χ2n) is 0.782. The van der Waals surface area contributed by atoms with E-state index < -0.39 is 16.4 Å². The maximum absolute atomic E-state index is 9.39. The van der Waals surface area contributed by atoms with Crippen LogP contribution in [-0.4, -0.2) is 47.5 Å². The standard InChI is InChI=1S/Ca.H4O6P2/c;1-7(2)6-8(3,4)5/h;1-2H,(H2,3,4,5)/q+2;/p-2. The minimum atomic E-state index is -5.19. The van der Waals surface area contributed by atoms with E-state index in [4.69, 9.17) is 9.79 Å². The van der Waals surface area contributed by atoms with Gasteiger partial charge < -0.3 is 24.1 Å². The van der Waals surface area contributed by atoms with Crippen LogP contribution in [0.1, 0.15) is 0 Å². The van der Waals surface area contributed by atoms with E-state index in [9.17, 15) is 14.4 Å². The van der Waals surface area contributed by atoms with Gasteiger partial charge in [0.1, 0.15) is 0 Å². The number of rotatable bonds is 2. The van der Waals surface area contributed by atoms with Crippen molar-refractivity contribution in [1.82, 2.24) is 0 Å². The Morgan fingerprint density at radius 2 is 1.78 bits per heavy atom. The minimum Gasteiger partial charge on any atom is -0.789 e. The molecule has 0 rings (SSSR count). The van der Waals surface area contributed by atoms with Crippen molar-refractivity contribution < 1.29 is 28.4 Å². The molecule has 0 aliphatic carbocycles. The molecule has 50 valence electrons. The first-order valence-electron chi connectivity index (χ1n) is 1.31. The van der Waals surface area contributed by atoms with Crippen molar-refractivity contribution in [1.29, 1.82) is 0 Å². The molecular weight excluding hydrogens is 198 g/mol. The first-order valence-corrected chi connectivity index (χ1v) is 3.94. The Labute approximate surface area is 82.1 Å². The van der Waals surface area contributed by atoms with Gasteiger partial charge in [-0.3, -0.25) is 4.31 Å². The molecular formula is H2CaO6P2. The van der Waals surface area contributed by atoms with Crippen LogP contribution in [0.25, 0.3) is 0 Å². The zero-order valence-corrected chi connectivity index (χ0v) is 8.13. The Morgan fingerprint density at radius 1 is 1.44 bits per heavy atom. The molecule has 0 bridgehead atoms. The molecule has 0 spiro atoms. The molecule has 2 N–H and O–H groups in total. The molecule has 0 aromatic carbocycles. The predicted octanol–water partition coefficient (Wildman–Crippen LogP) is -2.34. The Morgan fingerprint density at radius 3 is 1.78 bits per heavy atom. The molecule has 0 heterocycles. The first-order chi connectivity index (χ1) is 3.42. The minimum absolute atomic E-state index is 0. The largest absolute Gasteiger partial charge is 2.00 e. The van der Waals surface area contributed by atoms with Gasteiger partial charge in [0, 0.05) is 0 Å². The predicted molar refractivity (Wildman–Crippen MR) is 25.8 cm³/mol. The molecule has 6 nitrogen and oxygen atoms in total. The summed E-state index contributed by atoms with van der Waals surface area (Å²) in [7, 11) is -8.27. The van der Waals surface area contributed by atoms with Crippen molar-refractivity contribution in [3.63, 3.8) is 0 Å².